The van der Waals surface area contributed by atoms with Crippen LogP contribution >= 0.6 is 0 Å². The number of allylic oxidation sites excluding steroid dienone is 2. The second kappa shape index (κ2) is 11.4. The quantitative estimate of drug-likeness (QED) is 0.188. The van der Waals surface area contributed by atoms with Crippen LogP contribution in [-0.2, 0) is 10.8 Å². The summed E-state index contributed by atoms with van der Waals surface area (Å²) in [5.41, 5.74) is 17.6. The fourth-order valence-electron chi connectivity index (χ4n) is 6.96. The van der Waals surface area contributed by atoms with Crippen LogP contribution in [0, 0.1) is 0 Å². The number of fused-ring (bicyclic) bond motifs is 2. The third-order valence-corrected chi connectivity index (χ3v) is 12.6. The average molecular weight is 623 g/mol. The maximum absolute atomic E-state index is 2.48. The Bertz CT molecular complexity index is 1570. The molecule has 43 heavy (non-hydrogen) atoms. The van der Waals surface area contributed by atoms with Gasteiger partial charge in [0.25, 0.3) is 0 Å². The van der Waals surface area contributed by atoms with Crippen molar-refractivity contribution in [3.05, 3.63) is 129 Å². The van der Waals surface area contributed by atoms with Crippen molar-refractivity contribution in [1.29, 1.82) is 0 Å². The Morgan fingerprint density at radius 3 is 1.23 bits per heavy atom. The Hall–Kier alpha value is -3.10. The van der Waals surface area contributed by atoms with Gasteiger partial charge in [-0.25, -0.2) is 0 Å². The van der Waals surface area contributed by atoms with E-state index in [9.17, 15) is 0 Å². The molecule has 2 aliphatic rings. The van der Waals surface area contributed by atoms with Crippen LogP contribution in [0.5, 0.6) is 0 Å². The molecule has 0 spiro atoms. The van der Waals surface area contributed by atoms with Crippen LogP contribution in [0.4, 0.5) is 0 Å². The van der Waals surface area contributed by atoms with Crippen molar-refractivity contribution in [2.45, 2.75) is 88.6 Å². The van der Waals surface area contributed by atoms with Gasteiger partial charge in [0.2, 0.25) is 0 Å². The summed E-state index contributed by atoms with van der Waals surface area (Å²) < 4.78 is 0. The Labute approximate surface area is 266 Å². The van der Waals surface area contributed by atoms with Crippen molar-refractivity contribution in [1.82, 2.24) is 0 Å². The molecule has 0 nitrogen and oxygen atoms in total. The van der Waals surface area contributed by atoms with Crippen LogP contribution < -0.4 is 0 Å². The van der Waals surface area contributed by atoms with E-state index in [2.05, 4.69) is 152 Å². The summed E-state index contributed by atoms with van der Waals surface area (Å²) in [7, 11) is 0. The van der Waals surface area contributed by atoms with E-state index >= 15 is 0 Å². The first-order chi connectivity index (χ1) is 20.4. The summed E-state index contributed by atoms with van der Waals surface area (Å²) in [6.07, 6.45) is 4.96. The molecule has 6 rings (SSSR count). The van der Waals surface area contributed by atoms with E-state index in [1.165, 1.54) is 66.2 Å². The van der Waals surface area contributed by atoms with Crippen molar-refractivity contribution in [3.8, 4) is 22.3 Å². The van der Waals surface area contributed by atoms with Crippen molar-refractivity contribution in [2.24, 2.45) is 0 Å². The first-order valence-corrected chi connectivity index (χ1v) is 18.9. The summed E-state index contributed by atoms with van der Waals surface area (Å²) in [5.74, 6) is 1.14. The first-order valence-electron chi connectivity index (χ1n) is 16.0. The summed E-state index contributed by atoms with van der Waals surface area (Å²) in [6, 6.07) is 32.5. The predicted molar refractivity (Wildman–Crippen MR) is 189 cm³/mol. The molecule has 0 aliphatic heterocycles. The molecular weight excluding hydrogens is 577 g/mol. The van der Waals surface area contributed by atoms with Crippen LogP contribution in [0.15, 0.2) is 96.1 Å². The van der Waals surface area contributed by atoms with E-state index in [4.69, 9.17) is 0 Å². The molecule has 0 bridgehead atoms. The van der Waals surface area contributed by atoms with Crippen LogP contribution in [0.1, 0.15) is 101 Å². The maximum atomic E-state index is 2.48. The van der Waals surface area contributed by atoms with Crippen LogP contribution in [0.3, 0.4) is 0 Å². The zero-order chi connectivity index (χ0) is 30.5. The molecule has 0 amide bonds. The molecule has 2 unspecified atom stereocenters. The predicted octanol–water partition coefficient (Wildman–Crippen LogP) is 11.9. The van der Waals surface area contributed by atoms with E-state index in [1.54, 1.807) is 11.1 Å². The number of benzene rings is 4. The summed E-state index contributed by atoms with van der Waals surface area (Å²) in [6.45, 7) is 18.4. The van der Waals surface area contributed by atoms with Gasteiger partial charge in [0.1, 0.15) is 0 Å². The topological polar surface area (TPSA) is 0 Å². The van der Waals surface area contributed by atoms with Gasteiger partial charge in [0.05, 0.1) is 0 Å². The van der Waals surface area contributed by atoms with Crippen LogP contribution in [-0.4, -0.2) is 15.4 Å². The van der Waals surface area contributed by atoms with Gasteiger partial charge in [0.15, 0.2) is 0 Å². The van der Waals surface area contributed by atoms with Crippen LogP contribution in [0.2, 0.25) is 10.5 Å². The van der Waals surface area contributed by atoms with E-state index in [-0.39, 0.29) is 26.3 Å². The number of hydrogen-bond acceptors (Lipinski definition) is 0. The third-order valence-electron chi connectivity index (χ3n) is 9.69. The Balaban J connectivity index is 1.18. The Kier molecular flexibility index (Phi) is 7.97. The van der Waals surface area contributed by atoms with Crippen LogP contribution in [0.25, 0.3) is 34.4 Å². The van der Waals surface area contributed by atoms with E-state index in [0.29, 0.717) is 11.8 Å². The number of hydrogen-bond donors (Lipinski definition) is 0. The van der Waals surface area contributed by atoms with Crippen molar-refractivity contribution >= 4 is 27.6 Å². The van der Waals surface area contributed by atoms with Gasteiger partial charge in [-0.2, -0.15) is 0 Å². The molecule has 0 saturated carbocycles. The van der Waals surface area contributed by atoms with Gasteiger partial charge in [-0.1, -0.05) is 0 Å². The van der Waals surface area contributed by atoms with E-state index in [0.717, 1.165) is 0 Å². The number of rotatable bonds is 6. The Morgan fingerprint density at radius 1 is 0.512 bits per heavy atom. The molecular formula is C42H46Ge. The monoisotopic (exact) mass is 624 g/mol. The van der Waals surface area contributed by atoms with E-state index < -0.39 is 0 Å². The SMILES string of the molecule is CC1=Cc2c(-c3ccc(C(C)(C)C)cc3)cccc2C1[CH2][Ge][CH2]C1C(C)=Cc2c(-c3ccc(C(C)(C)C)cc3)cccc21. The fourth-order valence-corrected chi connectivity index (χ4v) is 10.8. The van der Waals surface area contributed by atoms with Crippen molar-refractivity contribution in [3.63, 3.8) is 0 Å². The average Bonchev–Trinajstić information content (AvgIpc) is 3.47. The molecule has 0 saturated heterocycles. The van der Waals surface area contributed by atoms with Crippen molar-refractivity contribution in [2.75, 3.05) is 0 Å². The van der Waals surface area contributed by atoms with Gasteiger partial charge in [-0.15, -0.1) is 0 Å². The standard InChI is InChI=1S/C42H46Ge/c1-27-23-37-33(29-15-19-31(20-16-29)41(3,4)5)11-9-13-35(37)39(27)25-43-26-40-28(2)24-38-34(12-10-14-36(38)40)30-17-21-32(22-18-30)42(6,7)8/h9-24,39-40H,25-26H2,1-8H3. The molecule has 218 valence electrons. The van der Waals surface area contributed by atoms with Crippen molar-refractivity contribution < 1.29 is 0 Å². The fraction of sp³-hybridized carbons (Fsp3) is 0.333. The minimum atomic E-state index is -0.116. The zero-order valence-electron chi connectivity index (χ0n) is 27.3. The normalized spacial score (nSPS) is 17.9. The summed E-state index contributed by atoms with van der Waals surface area (Å²) >= 11 is -0.116. The van der Waals surface area contributed by atoms with Gasteiger partial charge in [-0.3, -0.25) is 0 Å². The molecule has 0 fully saturated rings. The molecule has 4 aromatic carbocycles. The van der Waals surface area contributed by atoms with Gasteiger partial charge < -0.3 is 0 Å². The van der Waals surface area contributed by atoms with Gasteiger partial charge in [-0.05, 0) is 0 Å². The molecule has 1 heteroatoms. The Morgan fingerprint density at radius 2 is 0.884 bits per heavy atom. The second-order valence-electron chi connectivity index (χ2n) is 14.8. The second-order valence-corrected chi connectivity index (χ2v) is 17.6. The summed E-state index contributed by atoms with van der Waals surface area (Å²) in [5, 5.41) is 2.66. The van der Waals surface area contributed by atoms with Gasteiger partial charge in [0, 0.05) is 0 Å². The van der Waals surface area contributed by atoms with Gasteiger partial charge >= 0.3 is 268 Å². The molecule has 2 radical (unpaired) electrons. The zero-order valence-corrected chi connectivity index (χ0v) is 29.4. The molecule has 0 aromatic heterocycles. The molecule has 0 N–H and O–H groups in total. The molecule has 2 aliphatic carbocycles. The minimum absolute atomic E-state index is 0.116. The first kappa shape index (κ1) is 30.0. The molecule has 0 heterocycles. The molecule has 4 aromatic rings. The summed E-state index contributed by atoms with van der Waals surface area (Å²) in [4.78, 5) is 0. The van der Waals surface area contributed by atoms with E-state index in [1.807, 2.05) is 0 Å². The molecule has 2 atom stereocenters. The third kappa shape index (κ3) is 5.88.